The normalized spacial score (nSPS) is 17.3. The number of amides is 1. The standard InChI is InChI=1S/C16H15BClN5O2/c1-2-13(24)23-3-4-25-8-12(23)9-5-10(7-11(18)6-9)14-20-15(17)22-16(19)21-14/h2,5-7,12H,1,3-4,8H2,(H2,19,20,21,22)/t12-/m0/s1. The van der Waals surface area contributed by atoms with E-state index in [1.165, 1.54) is 6.08 Å². The Labute approximate surface area is 151 Å². The van der Waals surface area contributed by atoms with Crippen molar-refractivity contribution in [3.8, 4) is 11.4 Å². The molecule has 2 N–H and O–H groups in total. The second kappa shape index (κ2) is 7.20. The average Bonchev–Trinajstić information content (AvgIpc) is 2.59. The van der Waals surface area contributed by atoms with Gasteiger partial charge in [0.05, 0.1) is 25.0 Å². The zero-order chi connectivity index (χ0) is 18.0. The first kappa shape index (κ1) is 17.4. The molecule has 9 heteroatoms. The molecule has 2 aromatic rings. The van der Waals surface area contributed by atoms with Crippen LogP contribution in [0, 0.1) is 0 Å². The molecule has 1 aliphatic rings. The fraction of sp³-hybridized carbons (Fsp3) is 0.250. The summed E-state index contributed by atoms with van der Waals surface area (Å²) in [6.07, 6.45) is 1.29. The summed E-state index contributed by atoms with van der Waals surface area (Å²) >= 11 is 6.26. The first-order chi connectivity index (χ1) is 12.0. The van der Waals surface area contributed by atoms with Crippen LogP contribution < -0.4 is 11.5 Å². The third kappa shape index (κ3) is 3.80. The maximum absolute atomic E-state index is 12.1. The number of benzene rings is 1. The van der Waals surface area contributed by atoms with Gasteiger partial charge in [0.25, 0.3) is 0 Å². The van der Waals surface area contributed by atoms with Gasteiger partial charge in [0, 0.05) is 17.1 Å². The predicted octanol–water partition coefficient (Wildman–Crippen LogP) is 0.654. The Kier molecular flexibility index (Phi) is 5.01. The van der Waals surface area contributed by atoms with Crippen molar-refractivity contribution in [3.05, 3.63) is 41.4 Å². The van der Waals surface area contributed by atoms with Crippen LogP contribution in [0.25, 0.3) is 11.4 Å². The zero-order valence-corrected chi connectivity index (χ0v) is 14.1. The van der Waals surface area contributed by atoms with E-state index in [1.807, 2.05) is 6.07 Å². The highest BCUT2D eigenvalue weighted by atomic mass is 35.5. The topological polar surface area (TPSA) is 94.2 Å². The number of morpholine rings is 1. The molecule has 0 bridgehead atoms. The fourth-order valence-corrected chi connectivity index (χ4v) is 2.98. The van der Waals surface area contributed by atoms with E-state index < -0.39 is 0 Å². The number of hydrogen-bond acceptors (Lipinski definition) is 6. The first-order valence-corrected chi connectivity index (χ1v) is 7.94. The third-order valence-corrected chi connectivity index (χ3v) is 4.04. The molecule has 1 aromatic carbocycles. The molecular formula is C16H15BClN5O2. The molecule has 0 saturated carbocycles. The average molecular weight is 356 g/mol. The fourth-order valence-electron chi connectivity index (χ4n) is 2.73. The lowest BCUT2D eigenvalue weighted by atomic mass is 10.0. The third-order valence-electron chi connectivity index (χ3n) is 3.82. The molecular weight excluding hydrogens is 340 g/mol. The number of carbonyl (C=O) groups is 1. The minimum Gasteiger partial charge on any atom is -0.377 e. The number of hydrogen-bond donors (Lipinski definition) is 1. The van der Waals surface area contributed by atoms with E-state index in [2.05, 4.69) is 21.5 Å². The molecule has 0 unspecified atom stereocenters. The van der Waals surface area contributed by atoms with E-state index >= 15 is 0 Å². The molecule has 126 valence electrons. The number of nitrogen functional groups attached to an aromatic ring is 1. The molecule has 1 amide bonds. The molecule has 0 aliphatic carbocycles. The van der Waals surface area contributed by atoms with Crippen molar-refractivity contribution in [2.75, 3.05) is 25.5 Å². The van der Waals surface area contributed by atoms with Crippen LogP contribution in [0.4, 0.5) is 5.95 Å². The number of aromatic nitrogens is 3. The van der Waals surface area contributed by atoms with Gasteiger partial charge in [-0.05, 0) is 29.8 Å². The second-order valence-electron chi connectivity index (χ2n) is 5.48. The Balaban J connectivity index is 2.03. The first-order valence-electron chi connectivity index (χ1n) is 7.56. The Hall–Kier alpha value is -2.45. The van der Waals surface area contributed by atoms with Crippen molar-refractivity contribution >= 4 is 37.0 Å². The zero-order valence-electron chi connectivity index (χ0n) is 13.4. The maximum atomic E-state index is 12.1. The van der Waals surface area contributed by atoms with Crippen molar-refractivity contribution in [1.82, 2.24) is 19.9 Å². The summed E-state index contributed by atoms with van der Waals surface area (Å²) in [6, 6.07) is 5.03. The number of nitrogens with zero attached hydrogens (tertiary/aromatic N) is 4. The number of anilines is 1. The Morgan fingerprint density at radius 2 is 2.20 bits per heavy atom. The molecule has 1 saturated heterocycles. The van der Waals surface area contributed by atoms with Gasteiger partial charge >= 0.3 is 0 Å². The van der Waals surface area contributed by atoms with Gasteiger partial charge in [-0.1, -0.05) is 18.2 Å². The lowest BCUT2D eigenvalue weighted by Gasteiger charge is -2.35. The van der Waals surface area contributed by atoms with Gasteiger partial charge in [-0.3, -0.25) is 4.79 Å². The van der Waals surface area contributed by atoms with Crippen LogP contribution in [0.1, 0.15) is 11.6 Å². The van der Waals surface area contributed by atoms with Crippen molar-refractivity contribution in [1.29, 1.82) is 0 Å². The summed E-state index contributed by atoms with van der Waals surface area (Å²) in [6.45, 7) is 4.87. The van der Waals surface area contributed by atoms with E-state index in [9.17, 15) is 4.79 Å². The Morgan fingerprint density at radius 1 is 1.40 bits per heavy atom. The maximum Gasteiger partial charge on any atom is 0.246 e. The predicted molar refractivity (Wildman–Crippen MR) is 95.5 cm³/mol. The molecule has 3 rings (SSSR count). The van der Waals surface area contributed by atoms with Crippen molar-refractivity contribution in [2.24, 2.45) is 0 Å². The van der Waals surface area contributed by atoms with Gasteiger partial charge in [0.15, 0.2) is 13.7 Å². The van der Waals surface area contributed by atoms with Crippen LogP contribution in [0.15, 0.2) is 30.9 Å². The molecule has 7 nitrogen and oxygen atoms in total. The van der Waals surface area contributed by atoms with E-state index in [1.54, 1.807) is 17.0 Å². The minimum atomic E-state index is -0.284. The number of carbonyl (C=O) groups excluding carboxylic acids is 1. The summed E-state index contributed by atoms with van der Waals surface area (Å²) < 4.78 is 5.53. The molecule has 2 radical (unpaired) electrons. The van der Waals surface area contributed by atoms with Gasteiger partial charge in [0.2, 0.25) is 11.9 Å². The Morgan fingerprint density at radius 3 is 2.92 bits per heavy atom. The summed E-state index contributed by atoms with van der Waals surface area (Å²) in [7, 11) is 5.64. The highest BCUT2D eigenvalue weighted by Crippen LogP contribution is 2.30. The van der Waals surface area contributed by atoms with E-state index in [4.69, 9.17) is 29.9 Å². The second-order valence-corrected chi connectivity index (χ2v) is 5.91. The Bertz CT molecular complexity index is 812. The molecule has 1 aliphatic heterocycles. The van der Waals surface area contributed by atoms with Crippen molar-refractivity contribution < 1.29 is 9.53 Å². The largest absolute Gasteiger partial charge is 0.377 e. The molecule has 1 aromatic heterocycles. The minimum absolute atomic E-state index is 0.0217. The summed E-state index contributed by atoms with van der Waals surface area (Å²) in [5, 5.41) is 0.474. The van der Waals surface area contributed by atoms with Gasteiger partial charge in [0.1, 0.15) is 0 Å². The molecule has 1 atom stereocenters. The van der Waals surface area contributed by atoms with Crippen LogP contribution >= 0.6 is 11.6 Å². The van der Waals surface area contributed by atoms with Gasteiger partial charge < -0.3 is 15.4 Å². The monoisotopic (exact) mass is 355 g/mol. The van der Waals surface area contributed by atoms with Crippen molar-refractivity contribution in [3.63, 3.8) is 0 Å². The lowest BCUT2D eigenvalue weighted by molar-refractivity contribution is -0.134. The van der Waals surface area contributed by atoms with Crippen LogP contribution in [-0.4, -0.2) is 53.4 Å². The number of ether oxygens (including phenoxy) is 1. The summed E-state index contributed by atoms with van der Waals surface area (Å²) in [5.41, 5.74) is 7.08. The summed E-state index contributed by atoms with van der Waals surface area (Å²) in [5.74, 6) is 0.170. The van der Waals surface area contributed by atoms with Gasteiger partial charge in [-0.2, -0.15) is 4.98 Å². The van der Waals surface area contributed by atoms with Gasteiger partial charge in [-0.25, -0.2) is 9.97 Å². The molecule has 2 heterocycles. The highest BCUT2D eigenvalue weighted by molar-refractivity contribution is 6.31. The highest BCUT2D eigenvalue weighted by Gasteiger charge is 2.28. The van der Waals surface area contributed by atoms with E-state index in [0.717, 1.165) is 5.56 Å². The SMILES string of the molecule is [B]c1nc(N)nc(-c2cc(Cl)cc([C@@H]3COCCN3C(=O)C=C)c2)n1. The van der Waals surface area contributed by atoms with Gasteiger partial charge in [-0.15, -0.1) is 0 Å². The molecule has 1 fully saturated rings. The van der Waals surface area contributed by atoms with Crippen molar-refractivity contribution in [2.45, 2.75) is 6.04 Å². The number of halogens is 1. The van der Waals surface area contributed by atoms with E-state index in [-0.39, 0.29) is 23.6 Å². The number of nitrogens with two attached hydrogens (primary N) is 1. The molecule has 0 spiro atoms. The quantitative estimate of drug-likeness (QED) is 0.642. The smallest absolute Gasteiger partial charge is 0.246 e. The number of rotatable bonds is 3. The van der Waals surface area contributed by atoms with Crippen LogP contribution in [0.5, 0.6) is 0 Å². The van der Waals surface area contributed by atoms with Crippen LogP contribution in [-0.2, 0) is 9.53 Å². The van der Waals surface area contributed by atoms with Crippen LogP contribution in [0.2, 0.25) is 5.02 Å². The van der Waals surface area contributed by atoms with Crippen LogP contribution in [0.3, 0.4) is 0 Å². The van der Waals surface area contributed by atoms with E-state index in [0.29, 0.717) is 36.2 Å². The summed E-state index contributed by atoms with van der Waals surface area (Å²) in [4.78, 5) is 25.8. The lowest BCUT2D eigenvalue weighted by Crippen LogP contribution is -2.42. The molecule has 25 heavy (non-hydrogen) atoms.